The van der Waals surface area contributed by atoms with Crippen molar-refractivity contribution < 1.29 is 49.3 Å². The van der Waals surface area contributed by atoms with Gasteiger partial charge in [-0.2, -0.15) is 0 Å². The third kappa shape index (κ3) is 56.2. The van der Waals surface area contributed by atoms with E-state index in [4.69, 9.17) is 85.7 Å². The molecular formula is C78H135MoO6P3S6. The first-order valence-electron chi connectivity index (χ1n) is 38.4. The first kappa shape index (κ1) is 94.6. The van der Waals surface area contributed by atoms with E-state index < -0.39 is 17.1 Å². The zero-order valence-corrected chi connectivity index (χ0v) is 70.1. The van der Waals surface area contributed by atoms with E-state index in [1.165, 1.54) is 322 Å². The summed E-state index contributed by atoms with van der Waals surface area (Å²) >= 11 is 29.3. The second-order valence-corrected chi connectivity index (χ2v) is 40.6. The molecule has 0 radical (unpaired) electrons. The normalized spacial score (nSPS) is 13.1. The molecule has 0 heterocycles. The van der Waals surface area contributed by atoms with Gasteiger partial charge in [-0.3, -0.25) is 0 Å². The summed E-state index contributed by atoms with van der Waals surface area (Å²) in [5, 5.41) is 0. The van der Waals surface area contributed by atoms with Crippen LogP contribution in [0.2, 0.25) is 0 Å². The first-order chi connectivity index (χ1) is 44.9. The van der Waals surface area contributed by atoms with Crippen molar-refractivity contribution in [2.45, 2.75) is 388 Å². The van der Waals surface area contributed by atoms with Crippen molar-refractivity contribution in [1.82, 2.24) is 0 Å². The zero-order valence-electron chi connectivity index (χ0n) is 60.5. The summed E-state index contributed by atoms with van der Waals surface area (Å²) in [6.45, 7) is 13.6. The van der Waals surface area contributed by atoms with Crippen LogP contribution in [-0.2, 0) is 132 Å². The Morgan fingerprint density at radius 2 is 0.404 bits per heavy atom. The van der Waals surface area contributed by atoms with E-state index in [1.54, 1.807) is 0 Å². The van der Waals surface area contributed by atoms with Gasteiger partial charge in [-0.1, -0.05) is 400 Å². The Bertz CT molecular complexity index is 2110. The molecule has 6 nitrogen and oxygen atoms in total. The Labute approximate surface area is 626 Å². The largest absolute Gasteiger partial charge is 6.00 e. The van der Waals surface area contributed by atoms with Crippen molar-refractivity contribution in [3.8, 4) is 17.2 Å². The SMILES string of the molecule is CCCCCCCCCCc1cccc(OP([O-])(=S)[S-])c1CCCCCCCCCC.CCCCCCCCCCc1cccc(OP([O-])(=S)[S-])c1CCCCCCCCCC.CCCCCCCCCCc1cccc(OP([O-])(=S)[S-])c1CCCCCCCCCC.[Mo+6]. The number of hydrogen-bond donors (Lipinski definition) is 0. The first-order valence-corrected chi connectivity index (χ1v) is 49.4. The van der Waals surface area contributed by atoms with E-state index in [1.807, 2.05) is 36.4 Å². The topological polar surface area (TPSA) is 96.9 Å². The molecule has 0 aromatic heterocycles. The van der Waals surface area contributed by atoms with E-state index in [9.17, 15) is 14.7 Å². The third-order valence-electron chi connectivity index (χ3n) is 18.1. The summed E-state index contributed by atoms with van der Waals surface area (Å²) in [6.07, 6.45) is 68.8. The van der Waals surface area contributed by atoms with Crippen molar-refractivity contribution >= 4 is 89.2 Å². The van der Waals surface area contributed by atoms with Crippen LogP contribution >= 0.6 is 17.1 Å². The quantitative estimate of drug-likeness (QED) is 0.0233. The van der Waals surface area contributed by atoms with Crippen LogP contribution in [0.3, 0.4) is 0 Å². The molecule has 3 atom stereocenters. The maximum absolute atomic E-state index is 12.0. The molecule has 16 heteroatoms. The minimum atomic E-state index is -3.38. The molecule has 0 bridgehead atoms. The van der Waals surface area contributed by atoms with E-state index in [2.05, 4.69) is 59.7 Å². The Hall–Kier alpha value is 0.628. The second-order valence-electron chi connectivity index (χ2n) is 26.6. The standard InChI is InChI=1S/3C26H47O2PS2.Mo/c3*1-3-5-7-9-11-13-15-17-20-24-21-19-23-26(28-29(27,30)31)25(24)22-18-16-14-12-10-8-6-4-2;/h3*19,21,23H,3-18,20,22H2,1-2H3,(H2,27,30,31);/q;;;+6/p-6. The molecule has 3 aromatic carbocycles. The van der Waals surface area contributed by atoms with Crippen LogP contribution in [0, 0.1) is 0 Å². The van der Waals surface area contributed by atoms with Crippen LogP contribution in [0.15, 0.2) is 54.6 Å². The summed E-state index contributed by atoms with van der Waals surface area (Å²) in [5.41, 5.74) is -2.60. The maximum atomic E-state index is 12.0. The van der Waals surface area contributed by atoms with Gasteiger partial charge in [0.25, 0.3) is 0 Å². The van der Waals surface area contributed by atoms with Gasteiger partial charge in [-0.15, -0.1) is 0 Å². The van der Waals surface area contributed by atoms with Gasteiger partial charge < -0.3 is 65.0 Å². The fraction of sp³-hybridized carbons (Fsp3) is 0.769. The van der Waals surface area contributed by atoms with Gasteiger partial charge >= 0.3 is 21.1 Å². The van der Waals surface area contributed by atoms with Crippen LogP contribution in [0.5, 0.6) is 17.2 Å². The molecule has 0 N–H and O–H groups in total. The van der Waals surface area contributed by atoms with Gasteiger partial charge in [0.05, 0.1) is 0 Å². The number of aryl methyl sites for hydroxylation is 3. The molecule has 0 aliphatic heterocycles. The van der Waals surface area contributed by atoms with E-state index >= 15 is 0 Å². The Morgan fingerprint density at radius 3 is 0.564 bits per heavy atom. The van der Waals surface area contributed by atoms with Crippen molar-refractivity contribution in [1.29, 1.82) is 0 Å². The molecule has 0 aliphatic rings. The molecule has 0 fully saturated rings. The minimum Gasteiger partial charge on any atom is -0.809 e. The van der Waals surface area contributed by atoms with Gasteiger partial charge in [0.15, 0.2) is 0 Å². The summed E-state index contributed by atoms with van der Waals surface area (Å²) in [5.74, 6) is 1.98. The van der Waals surface area contributed by atoms with Crippen molar-refractivity contribution in [3.63, 3.8) is 0 Å². The molecule has 0 amide bonds. The van der Waals surface area contributed by atoms with Crippen LogP contribution < -0.4 is 28.3 Å². The molecule has 94 heavy (non-hydrogen) atoms. The molecule has 0 saturated carbocycles. The predicted molar refractivity (Wildman–Crippen MR) is 424 cm³/mol. The zero-order chi connectivity index (χ0) is 68.4. The van der Waals surface area contributed by atoms with E-state index in [0.717, 1.165) is 57.8 Å². The van der Waals surface area contributed by atoms with E-state index in [-0.39, 0.29) is 21.1 Å². The monoisotopic (exact) mass is 1550 g/mol. The fourth-order valence-electron chi connectivity index (χ4n) is 12.7. The Balaban J connectivity index is 0.00000137. The smallest absolute Gasteiger partial charge is 0.809 e. The van der Waals surface area contributed by atoms with E-state index in [0.29, 0.717) is 17.2 Å². The van der Waals surface area contributed by atoms with Crippen molar-refractivity contribution in [2.75, 3.05) is 0 Å². The summed E-state index contributed by atoms with van der Waals surface area (Å²) < 4.78 is 16.7. The number of hydrogen-bond acceptors (Lipinski definition) is 12. The Kier molecular flexibility index (Phi) is 64.9. The second kappa shape index (κ2) is 64.5. The Morgan fingerprint density at radius 1 is 0.255 bits per heavy atom. The number of rotatable bonds is 60. The van der Waals surface area contributed by atoms with Gasteiger partial charge in [-0.05, 0) is 129 Å². The molecule has 3 aromatic rings. The van der Waals surface area contributed by atoms with Crippen LogP contribution in [0.1, 0.15) is 383 Å². The summed E-state index contributed by atoms with van der Waals surface area (Å²) in [4.78, 5) is 35.9. The number of benzene rings is 3. The van der Waals surface area contributed by atoms with Gasteiger partial charge in [0.1, 0.15) is 17.2 Å². The molecule has 540 valence electrons. The summed E-state index contributed by atoms with van der Waals surface area (Å²) in [6, 6.07) is 18.3. The fourth-order valence-corrected chi connectivity index (χ4v) is 15.3. The maximum Gasteiger partial charge on any atom is 6.00 e. The molecule has 0 saturated heterocycles. The van der Waals surface area contributed by atoms with Gasteiger partial charge in [-0.25, -0.2) is 0 Å². The van der Waals surface area contributed by atoms with Gasteiger partial charge in [0, 0.05) is 0 Å². The average molecular weight is 1550 g/mol. The molecule has 0 aliphatic carbocycles. The molecule has 0 spiro atoms. The molecule has 3 unspecified atom stereocenters. The van der Waals surface area contributed by atoms with Crippen LogP contribution in [0.25, 0.3) is 0 Å². The van der Waals surface area contributed by atoms with Crippen LogP contribution in [0.4, 0.5) is 0 Å². The summed E-state index contributed by atoms with van der Waals surface area (Å²) in [7, 11) is 0. The molecule has 3 rings (SSSR count). The molecular weight excluding hydrogens is 1410 g/mol. The van der Waals surface area contributed by atoms with Crippen LogP contribution in [-0.4, -0.2) is 0 Å². The average Bonchev–Trinajstić information content (AvgIpc) is 1.04. The predicted octanol–water partition coefficient (Wildman–Crippen LogP) is 25.7. The minimum absolute atomic E-state index is 0. The number of unbranched alkanes of at least 4 members (excludes halogenated alkanes) is 42. The third-order valence-corrected chi connectivity index (χ3v) is 20.7. The van der Waals surface area contributed by atoms with Crippen molar-refractivity contribution in [3.05, 3.63) is 88.0 Å². The van der Waals surface area contributed by atoms with Crippen molar-refractivity contribution in [2.24, 2.45) is 0 Å². The van der Waals surface area contributed by atoms with Gasteiger partial charge in [0.2, 0.25) is 0 Å².